The van der Waals surface area contributed by atoms with Crippen LogP contribution in [0.4, 0.5) is 0 Å². The summed E-state index contributed by atoms with van der Waals surface area (Å²) < 4.78 is 11.6. The predicted octanol–water partition coefficient (Wildman–Crippen LogP) is 6.41. The third-order valence-corrected chi connectivity index (χ3v) is 7.04. The van der Waals surface area contributed by atoms with Gasteiger partial charge < -0.3 is 9.47 Å². The van der Waals surface area contributed by atoms with E-state index in [1.165, 1.54) is 75.3 Å². The second-order valence-electron chi connectivity index (χ2n) is 8.97. The summed E-state index contributed by atoms with van der Waals surface area (Å²) in [6.45, 7) is 4.14. The minimum Gasteiger partial charge on any atom is -0.378 e. The van der Waals surface area contributed by atoms with E-state index in [0.717, 1.165) is 25.0 Å². The molecule has 1 aliphatic carbocycles. The van der Waals surface area contributed by atoms with E-state index in [0.29, 0.717) is 18.1 Å². The summed E-state index contributed by atoms with van der Waals surface area (Å²) >= 11 is 0. The fourth-order valence-electron chi connectivity index (χ4n) is 5.16. The van der Waals surface area contributed by atoms with Gasteiger partial charge in [0.25, 0.3) is 0 Å². The maximum atomic E-state index is 6.26. The zero-order valence-electron chi connectivity index (χ0n) is 16.5. The molecule has 0 spiro atoms. The van der Waals surface area contributed by atoms with E-state index in [-0.39, 0.29) is 0 Å². The summed E-state index contributed by atoms with van der Waals surface area (Å²) in [4.78, 5) is 0. The largest absolute Gasteiger partial charge is 0.378 e. The first kappa shape index (κ1) is 18.5. The van der Waals surface area contributed by atoms with Crippen LogP contribution in [0.5, 0.6) is 0 Å². The van der Waals surface area contributed by atoms with E-state index in [1.54, 1.807) is 0 Å². The van der Waals surface area contributed by atoms with Gasteiger partial charge in [0.15, 0.2) is 0 Å². The lowest BCUT2D eigenvalue weighted by atomic mass is 9.78. The number of ether oxygens (including phenoxy) is 2. The second-order valence-corrected chi connectivity index (χ2v) is 8.97. The van der Waals surface area contributed by atoms with Crippen LogP contribution in [0.1, 0.15) is 94.3 Å². The molecular formula is C24H36O2. The monoisotopic (exact) mass is 356 g/mol. The summed E-state index contributed by atoms with van der Waals surface area (Å²) in [5.74, 6) is 2.59. The Bertz CT molecular complexity index is 532. The van der Waals surface area contributed by atoms with Gasteiger partial charge in [-0.2, -0.15) is 0 Å². The third-order valence-electron chi connectivity index (χ3n) is 7.04. The molecule has 2 aliphatic heterocycles. The zero-order chi connectivity index (χ0) is 17.8. The Labute approximate surface area is 159 Å². The van der Waals surface area contributed by atoms with Gasteiger partial charge in [-0.25, -0.2) is 0 Å². The fourth-order valence-corrected chi connectivity index (χ4v) is 5.16. The van der Waals surface area contributed by atoms with E-state index in [1.807, 2.05) is 0 Å². The van der Waals surface area contributed by atoms with Crippen molar-refractivity contribution in [1.29, 1.82) is 0 Å². The molecule has 144 valence electrons. The first-order valence-corrected chi connectivity index (χ1v) is 11.1. The topological polar surface area (TPSA) is 21.8 Å². The van der Waals surface area contributed by atoms with E-state index < -0.39 is 0 Å². The molecule has 0 N–H and O–H groups in total. The lowest BCUT2D eigenvalue weighted by Crippen LogP contribution is -2.26. The molecule has 3 atom stereocenters. The van der Waals surface area contributed by atoms with Crippen LogP contribution in [-0.2, 0) is 9.47 Å². The highest BCUT2D eigenvalue weighted by molar-refractivity contribution is 5.28. The molecule has 0 bridgehead atoms. The summed E-state index contributed by atoms with van der Waals surface area (Å²) in [5, 5.41) is 0. The molecule has 0 radical (unpaired) electrons. The molecule has 26 heavy (non-hydrogen) atoms. The van der Waals surface area contributed by atoms with Gasteiger partial charge in [0.1, 0.15) is 6.10 Å². The quantitative estimate of drug-likeness (QED) is 0.527. The zero-order valence-corrected chi connectivity index (χ0v) is 16.5. The average Bonchev–Trinajstić information content (AvgIpc) is 3.54. The smallest absolute Gasteiger partial charge is 0.106 e. The Kier molecular flexibility index (Phi) is 6.32. The maximum Gasteiger partial charge on any atom is 0.106 e. The standard InChI is InChI=1S/C24H36O2/c1-2-3-18-4-6-19(7-5-18)8-14-23-15-13-22(16-25-23)20-9-11-21(12-10-20)24-17-26-24/h9-12,18-19,22-24H,2-8,13-17H2,1H3. The van der Waals surface area contributed by atoms with Crippen LogP contribution in [0.15, 0.2) is 24.3 Å². The molecule has 3 fully saturated rings. The Hall–Kier alpha value is -0.860. The minimum absolute atomic E-state index is 0.369. The first-order chi connectivity index (χ1) is 12.8. The summed E-state index contributed by atoms with van der Waals surface area (Å²) in [7, 11) is 0. The molecule has 1 aromatic rings. The molecule has 3 aliphatic rings. The Balaban J connectivity index is 1.16. The van der Waals surface area contributed by atoms with Crippen LogP contribution in [0.3, 0.4) is 0 Å². The van der Waals surface area contributed by atoms with Crippen molar-refractivity contribution in [1.82, 2.24) is 0 Å². The molecule has 1 saturated carbocycles. The summed E-state index contributed by atoms with van der Waals surface area (Å²) in [6.07, 6.45) is 14.8. The Morgan fingerprint density at radius 3 is 1.96 bits per heavy atom. The average molecular weight is 357 g/mol. The highest BCUT2D eigenvalue weighted by atomic mass is 16.6. The number of epoxide rings is 1. The molecular weight excluding hydrogens is 320 g/mol. The molecule has 0 amide bonds. The van der Waals surface area contributed by atoms with Gasteiger partial charge in [0, 0.05) is 5.92 Å². The van der Waals surface area contributed by atoms with E-state index in [4.69, 9.17) is 9.47 Å². The Morgan fingerprint density at radius 2 is 1.38 bits per heavy atom. The van der Waals surface area contributed by atoms with Crippen LogP contribution in [-0.4, -0.2) is 19.3 Å². The van der Waals surface area contributed by atoms with Crippen LogP contribution in [0.2, 0.25) is 0 Å². The Morgan fingerprint density at radius 1 is 0.731 bits per heavy atom. The van der Waals surface area contributed by atoms with Crippen molar-refractivity contribution in [3.63, 3.8) is 0 Å². The highest BCUT2D eigenvalue weighted by Gasteiger charge is 2.27. The molecule has 2 nitrogen and oxygen atoms in total. The van der Waals surface area contributed by atoms with Gasteiger partial charge in [-0.05, 0) is 48.6 Å². The highest BCUT2D eigenvalue weighted by Crippen LogP contribution is 2.36. The number of hydrogen-bond acceptors (Lipinski definition) is 2. The van der Waals surface area contributed by atoms with Gasteiger partial charge in [0.2, 0.25) is 0 Å². The molecule has 2 heteroatoms. The lowest BCUT2D eigenvalue weighted by molar-refractivity contribution is -0.00528. The maximum absolute atomic E-state index is 6.26. The van der Waals surface area contributed by atoms with Crippen molar-refractivity contribution >= 4 is 0 Å². The van der Waals surface area contributed by atoms with Crippen LogP contribution >= 0.6 is 0 Å². The third kappa shape index (κ3) is 4.89. The second kappa shape index (κ2) is 8.89. The van der Waals surface area contributed by atoms with Crippen molar-refractivity contribution in [3.05, 3.63) is 35.4 Å². The summed E-state index contributed by atoms with van der Waals surface area (Å²) in [6, 6.07) is 9.07. The van der Waals surface area contributed by atoms with Crippen molar-refractivity contribution in [2.75, 3.05) is 13.2 Å². The number of benzene rings is 1. The van der Waals surface area contributed by atoms with E-state index >= 15 is 0 Å². The van der Waals surface area contributed by atoms with Crippen LogP contribution in [0, 0.1) is 11.8 Å². The van der Waals surface area contributed by atoms with Crippen LogP contribution in [0.25, 0.3) is 0 Å². The summed E-state index contributed by atoms with van der Waals surface area (Å²) in [5.41, 5.74) is 2.78. The van der Waals surface area contributed by atoms with E-state index in [9.17, 15) is 0 Å². The van der Waals surface area contributed by atoms with Crippen molar-refractivity contribution in [3.8, 4) is 0 Å². The lowest BCUT2D eigenvalue weighted by Gasteiger charge is -2.32. The van der Waals surface area contributed by atoms with Gasteiger partial charge in [-0.3, -0.25) is 0 Å². The SMILES string of the molecule is CCCC1CCC(CCC2CCC(c3ccc(C4CO4)cc3)CO2)CC1. The van der Waals surface area contributed by atoms with Crippen molar-refractivity contribution < 1.29 is 9.47 Å². The van der Waals surface area contributed by atoms with Gasteiger partial charge in [-0.1, -0.05) is 69.7 Å². The fraction of sp³-hybridized carbons (Fsp3) is 0.750. The molecule has 1 aromatic carbocycles. The molecule has 0 aromatic heterocycles. The van der Waals surface area contributed by atoms with Crippen LogP contribution < -0.4 is 0 Å². The first-order valence-electron chi connectivity index (χ1n) is 11.1. The number of rotatable bonds is 7. The molecule has 2 heterocycles. The van der Waals surface area contributed by atoms with Gasteiger partial charge in [-0.15, -0.1) is 0 Å². The van der Waals surface area contributed by atoms with Crippen molar-refractivity contribution in [2.45, 2.75) is 89.3 Å². The van der Waals surface area contributed by atoms with Crippen molar-refractivity contribution in [2.24, 2.45) is 11.8 Å². The van der Waals surface area contributed by atoms with Gasteiger partial charge >= 0.3 is 0 Å². The molecule has 3 unspecified atom stereocenters. The van der Waals surface area contributed by atoms with E-state index in [2.05, 4.69) is 31.2 Å². The molecule has 4 rings (SSSR count). The molecule has 2 saturated heterocycles. The number of hydrogen-bond donors (Lipinski definition) is 0. The normalized spacial score (nSPS) is 34.6. The minimum atomic E-state index is 0.369. The predicted molar refractivity (Wildman–Crippen MR) is 106 cm³/mol. The van der Waals surface area contributed by atoms with Gasteiger partial charge in [0.05, 0.1) is 19.3 Å².